The molecule has 2 rings (SSSR count). The SMILES string of the molecule is C#CCC(N)c1nc(N2CCOCC2)no1. The van der Waals surface area contributed by atoms with E-state index in [4.69, 9.17) is 21.4 Å². The largest absolute Gasteiger partial charge is 0.378 e. The lowest BCUT2D eigenvalue weighted by Crippen LogP contribution is -2.36. The molecule has 0 amide bonds. The maximum atomic E-state index is 5.77. The van der Waals surface area contributed by atoms with E-state index in [1.165, 1.54) is 0 Å². The molecule has 0 spiro atoms. The molecule has 6 heteroatoms. The third-order valence-electron chi connectivity index (χ3n) is 2.38. The van der Waals surface area contributed by atoms with E-state index in [0.717, 1.165) is 13.1 Å². The van der Waals surface area contributed by atoms with E-state index in [1.807, 2.05) is 4.90 Å². The Balaban J connectivity index is 2.04. The van der Waals surface area contributed by atoms with Crippen LogP contribution in [0.3, 0.4) is 0 Å². The Labute approximate surface area is 93.7 Å². The van der Waals surface area contributed by atoms with Gasteiger partial charge in [0.2, 0.25) is 5.89 Å². The Bertz CT molecular complexity index is 378. The highest BCUT2D eigenvalue weighted by Crippen LogP contribution is 2.16. The van der Waals surface area contributed by atoms with Crippen LogP contribution in [0.1, 0.15) is 18.4 Å². The summed E-state index contributed by atoms with van der Waals surface area (Å²) >= 11 is 0. The lowest BCUT2D eigenvalue weighted by atomic mass is 10.2. The molecule has 6 nitrogen and oxygen atoms in total. The first-order valence-electron chi connectivity index (χ1n) is 5.16. The molecule has 1 unspecified atom stereocenters. The summed E-state index contributed by atoms with van der Waals surface area (Å²) in [6.07, 6.45) is 5.56. The van der Waals surface area contributed by atoms with Crippen molar-refractivity contribution in [3.05, 3.63) is 5.89 Å². The van der Waals surface area contributed by atoms with Crippen molar-refractivity contribution in [2.45, 2.75) is 12.5 Å². The molecule has 1 saturated heterocycles. The molecular weight excluding hydrogens is 208 g/mol. The first kappa shape index (κ1) is 10.9. The van der Waals surface area contributed by atoms with Gasteiger partial charge in [-0.3, -0.25) is 0 Å². The van der Waals surface area contributed by atoms with Gasteiger partial charge in [-0.15, -0.1) is 12.3 Å². The fraction of sp³-hybridized carbons (Fsp3) is 0.600. The third kappa shape index (κ3) is 2.32. The molecule has 16 heavy (non-hydrogen) atoms. The van der Waals surface area contributed by atoms with E-state index in [2.05, 4.69) is 16.1 Å². The van der Waals surface area contributed by atoms with Crippen LogP contribution in [0.2, 0.25) is 0 Å². The van der Waals surface area contributed by atoms with Gasteiger partial charge < -0.3 is 19.9 Å². The lowest BCUT2D eigenvalue weighted by molar-refractivity contribution is 0.121. The van der Waals surface area contributed by atoms with Crippen LogP contribution < -0.4 is 10.6 Å². The number of anilines is 1. The van der Waals surface area contributed by atoms with Gasteiger partial charge in [-0.1, -0.05) is 0 Å². The third-order valence-corrected chi connectivity index (χ3v) is 2.38. The van der Waals surface area contributed by atoms with Crippen molar-refractivity contribution in [3.8, 4) is 12.3 Å². The number of hydrogen-bond donors (Lipinski definition) is 1. The molecule has 0 bridgehead atoms. The van der Waals surface area contributed by atoms with Gasteiger partial charge in [0.05, 0.1) is 19.3 Å². The number of ether oxygens (including phenoxy) is 1. The summed E-state index contributed by atoms with van der Waals surface area (Å²) in [5, 5.41) is 3.88. The summed E-state index contributed by atoms with van der Waals surface area (Å²) in [7, 11) is 0. The predicted molar refractivity (Wildman–Crippen MR) is 57.7 cm³/mol. The number of terminal acetylenes is 1. The zero-order valence-corrected chi connectivity index (χ0v) is 8.93. The molecule has 0 radical (unpaired) electrons. The second kappa shape index (κ2) is 4.96. The first-order chi connectivity index (χ1) is 7.81. The maximum Gasteiger partial charge on any atom is 0.266 e. The Morgan fingerprint density at radius 1 is 1.50 bits per heavy atom. The second-order valence-electron chi connectivity index (χ2n) is 3.55. The van der Waals surface area contributed by atoms with Gasteiger partial charge in [0.1, 0.15) is 0 Å². The number of nitrogens with two attached hydrogens (primary N) is 1. The molecular formula is C10H14N4O2. The summed E-state index contributed by atoms with van der Waals surface area (Å²) in [6, 6.07) is -0.382. The molecule has 1 aliphatic heterocycles. The van der Waals surface area contributed by atoms with Crippen LogP contribution >= 0.6 is 0 Å². The molecule has 1 aromatic rings. The molecule has 86 valence electrons. The Morgan fingerprint density at radius 3 is 2.94 bits per heavy atom. The Kier molecular flexibility index (Phi) is 3.39. The van der Waals surface area contributed by atoms with Gasteiger partial charge >= 0.3 is 0 Å². The zero-order valence-electron chi connectivity index (χ0n) is 8.93. The highest BCUT2D eigenvalue weighted by molar-refractivity contribution is 5.28. The molecule has 1 fully saturated rings. The number of hydrogen-bond acceptors (Lipinski definition) is 6. The molecule has 0 aliphatic carbocycles. The highest BCUT2D eigenvalue weighted by Gasteiger charge is 2.19. The summed E-state index contributed by atoms with van der Waals surface area (Å²) in [5.41, 5.74) is 5.77. The molecule has 2 N–H and O–H groups in total. The summed E-state index contributed by atoms with van der Waals surface area (Å²) in [4.78, 5) is 6.22. The van der Waals surface area contributed by atoms with Gasteiger partial charge in [-0.25, -0.2) is 0 Å². The van der Waals surface area contributed by atoms with Crippen LogP contribution in [0.4, 0.5) is 5.95 Å². The average molecular weight is 222 g/mol. The minimum Gasteiger partial charge on any atom is -0.378 e. The maximum absolute atomic E-state index is 5.77. The molecule has 0 saturated carbocycles. The van der Waals surface area contributed by atoms with Crippen LogP contribution in [0.5, 0.6) is 0 Å². The molecule has 1 aromatic heterocycles. The van der Waals surface area contributed by atoms with Crippen molar-refractivity contribution in [2.24, 2.45) is 5.73 Å². The predicted octanol–water partition coefficient (Wildman–Crippen LogP) is -0.0707. The molecule has 1 aliphatic rings. The van der Waals surface area contributed by atoms with E-state index in [-0.39, 0.29) is 6.04 Å². The smallest absolute Gasteiger partial charge is 0.266 e. The number of rotatable bonds is 3. The van der Waals surface area contributed by atoms with E-state index in [0.29, 0.717) is 31.5 Å². The quantitative estimate of drug-likeness (QED) is 0.721. The summed E-state index contributed by atoms with van der Waals surface area (Å²) < 4.78 is 10.3. The van der Waals surface area contributed by atoms with Crippen molar-refractivity contribution in [1.29, 1.82) is 0 Å². The van der Waals surface area contributed by atoms with Gasteiger partial charge in [0.15, 0.2) is 0 Å². The van der Waals surface area contributed by atoms with E-state index < -0.39 is 0 Å². The number of aromatic nitrogens is 2. The van der Waals surface area contributed by atoms with Gasteiger partial charge in [-0.05, 0) is 5.16 Å². The standard InChI is InChI=1S/C10H14N4O2/c1-2-3-8(11)9-12-10(13-16-9)14-4-6-15-7-5-14/h1,8H,3-7,11H2. The van der Waals surface area contributed by atoms with Crippen LogP contribution in [-0.4, -0.2) is 36.4 Å². The van der Waals surface area contributed by atoms with Crippen LogP contribution in [0.25, 0.3) is 0 Å². The minimum absolute atomic E-state index is 0.382. The summed E-state index contributed by atoms with van der Waals surface area (Å²) in [5.74, 6) is 3.42. The van der Waals surface area contributed by atoms with E-state index in [1.54, 1.807) is 0 Å². The zero-order chi connectivity index (χ0) is 11.4. The lowest BCUT2D eigenvalue weighted by Gasteiger charge is -2.24. The second-order valence-corrected chi connectivity index (χ2v) is 3.55. The van der Waals surface area contributed by atoms with Gasteiger partial charge in [0, 0.05) is 19.5 Å². The normalized spacial score (nSPS) is 18.1. The van der Waals surface area contributed by atoms with Crippen molar-refractivity contribution in [1.82, 2.24) is 10.1 Å². The minimum atomic E-state index is -0.382. The summed E-state index contributed by atoms with van der Waals surface area (Å²) in [6.45, 7) is 2.90. The Morgan fingerprint density at radius 2 is 2.25 bits per heavy atom. The van der Waals surface area contributed by atoms with Crippen molar-refractivity contribution in [2.75, 3.05) is 31.2 Å². The monoisotopic (exact) mass is 222 g/mol. The van der Waals surface area contributed by atoms with Crippen molar-refractivity contribution >= 4 is 5.95 Å². The fourth-order valence-electron chi connectivity index (χ4n) is 1.48. The van der Waals surface area contributed by atoms with Crippen LogP contribution in [0, 0.1) is 12.3 Å². The van der Waals surface area contributed by atoms with E-state index in [9.17, 15) is 0 Å². The average Bonchev–Trinajstić information content (AvgIpc) is 2.80. The van der Waals surface area contributed by atoms with Gasteiger partial charge in [-0.2, -0.15) is 4.98 Å². The molecule has 2 heterocycles. The van der Waals surface area contributed by atoms with Gasteiger partial charge in [0.25, 0.3) is 5.95 Å². The number of morpholine rings is 1. The fourth-order valence-corrected chi connectivity index (χ4v) is 1.48. The highest BCUT2D eigenvalue weighted by atomic mass is 16.5. The molecule has 0 aromatic carbocycles. The topological polar surface area (TPSA) is 77.4 Å². The molecule has 1 atom stereocenters. The van der Waals surface area contributed by atoms with Crippen molar-refractivity contribution < 1.29 is 9.26 Å². The first-order valence-corrected chi connectivity index (χ1v) is 5.16. The van der Waals surface area contributed by atoms with Crippen molar-refractivity contribution in [3.63, 3.8) is 0 Å². The Hall–Kier alpha value is -1.58. The number of nitrogens with zero attached hydrogens (tertiary/aromatic N) is 3. The van der Waals surface area contributed by atoms with Crippen LogP contribution in [0.15, 0.2) is 4.52 Å². The van der Waals surface area contributed by atoms with Crippen LogP contribution in [-0.2, 0) is 4.74 Å². The van der Waals surface area contributed by atoms with E-state index >= 15 is 0 Å².